The molecule has 2 unspecified atom stereocenters. The summed E-state index contributed by atoms with van der Waals surface area (Å²) in [6.45, 7) is 5.53. The summed E-state index contributed by atoms with van der Waals surface area (Å²) in [5.41, 5.74) is 9.49. The fourth-order valence-corrected chi connectivity index (χ4v) is 7.72. The molecule has 0 aliphatic rings. The monoisotopic (exact) mass is 840 g/mol. The molecule has 1 N–H and O–H groups in total. The van der Waals surface area contributed by atoms with E-state index in [-0.39, 0.29) is 24.4 Å². The highest BCUT2D eigenvalue weighted by Gasteiger charge is 2.22. The molecule has 60 heavy (non-hydrogen) atoms. The topological polar surface area (TPSA) is 101 Å². The van der Waals surface area contributed by atoms with E-state index in [2.05, 4.69) is 35.1 Å². The maximum absolute atomic E-state index is 11.8. The zero-order chi connectivity index (χ0) is 42.3. The van der Waals surface area contributed by atoms with Crippen molar-refractivity contribution in [1.29, 1.82) is 0 Å². The van der Waals surface area contributed by atoms with E-state index in [0.717, 1.165) is 83.1 Å². The first-order chi connectivity index (χ1) is 29.1. The maximum atomic E-state index is 11.8. The van der Waals surface area contributed by atoms with Crippen LogP contribution in [-0.2, 0) is 24.4 Å². The normalized spacial score (nSPS) is 12.1. The van der Waals surface area contributed by atoms with E-state index < -0.39 is 0 Å². The van der Waals surface area contributed by atoms with Crippen molar-refractivity contribution in [2.45, 2.75) is 45.4 Å². The standard InChI is InChI=1S/C25H23ClN2O3.C24H23ClN2O2/c1-16(17-8-10-18(11-9-17)25(29)31-3)24-27-22-14-20(30-2)12-13-23(22)28(24)15-19-6-4-5-7-21(19)26;1-16(18-9-7-17(15-28)8-10-18)24-26-22-13-20(29-2)11-12-23(22)27(24)14-19-5-3-4-6-21(19)25/h4-14,16H,15H2,1-3H3;3-13,16,28H,14-15H2,1-2H3. The molecular formula is C49H46Cl2N4O5. The van der Waals surface area contributed by atoms with Crippen LogP contribution in [0.5, 0.6) is 11.5 Å². The minimum atomic E-state index is -0.350. The molecule has 11 heteroatoms. The minimum Gasteiger partial charge on any atom is -0.497 e. The molecule has 0 aliphatic carbocycles. The van der Waals surface area contributed by atoms with E-state index in [1.807, 2.05) is 109 Å². The summed E-state index contributed by atoms with van der Waals surface area (Å²) in [4.78, 5) is 21.7. The Morgan fingerprint density at radius 3 is 1.45 bits per heavy atom. The van der Waals surface area contributed by atoms with Gasteiger partial charge in [-0.15, -0.1) is 0 Å². The number of hydrogen-bond donors (Lipinski definition) is 1. The highest BCUT2D eigenvalue weighted by molar-refractivity contribution is 6.31. The number of esters is 1. The molecule has 6 aromatic carbocycles. The second kappa shape index (κ2) is 18.8. The van der Waals surface area contributed by atoms with Gasteiger partial charge in [-0.25, -0.2) is 14.8 Å². The van der Waals surface area contributed by atoms with E-state index in [1.165, 1.54) is 7.11 Å². The highest BCUT2D eigenvalue weighted by Crippen LogP contribution is 2.33. The van der Waals surface area contributed by atoms with Gasteiger partial charge in [-0.1, -0.05) is 110 Å². The van der Waals surface area contributed by atoms with Crippen LogP contribution in [0.3, 0.4) is 0 Å². The molecule has 0 radical (unpaired) electrons. The molecule has 2 heterocycles. The van der Waals surface area contributed by atoms with Crippen LogP contribution in [-0.4, -0.2) is 51.5 Å². The first-order valence-corrected chi connectivity index (χ1v) is 20.3. The van der Waals surface area contributed by atoms with Crippen molar-refractivity contribution in [3.8, 4) is 11.5 Å². The number of aromatic nitrogens is 4. The molecule has 2 aromatic heterocycles. The fourth-order valence-electron chi connectivity index (χ4n) is 7.33. The van der Waals surface area contributed by atoms with Crippen LogP contribution in [0.25, 0.3) is 22.1 Å². The van der Waals surface area contributed by atoms with Gasteiger partial charge in [0.15, 0.2) is 0 Å². The van der Waals surface area contributed by atoms with Crippen LogP contribution >= 0.6 is 23.2 Å². The number of rotatable bonds is 12. The van der Waals surface area contributed by atoms with Gasteiger partial charge >= 0.3 is 5.97 Å². The van der Waals surface area contributed by atoms with Crippen molar-refractivity contribution in [3.05, 3.63) is 189 Å². The third-order valence-electron chi connectivity index (χ3n) is 10.8. The minimum absolute atomic E-state index is 0.00687. The number of carbonyl (C=O) groups is 1. The molecular weight excluding hydrogens is 795 g/mol. The van der Waals surface area contributed by atoms with Gasteiger partial charge < -0.3 is 28.5 Å². The van der Waals surface area contributed by atoms with Gasteiger partial charge in [0.25, 0.3) is 0 Å². The van der Waals surface area contributed by atoms with Crippen molar-refractivity contribution in [2.24, 2.45) is 0 Å². The number of fused-ring (bicyclic) bond motifs is 2. The fraction of sp³-hybridized carbons (Fsp3) is 0.204. The summed E-state index contributed by atoms with van der Waals surface area (Å²) in [5, 5.41) is 10.8. The maximum Gasteiger partial charge on any atom is 0.337 e. The van der Waals surface area contributed by atoms with E-state index in [9.17, 15) is 9.90 Å². The third kappa shape index (κ3) is 9.04. The predicted octanol–water partition coefficient (Wildman–Crippen LogP) is 11.1. The molecule has 0 spiro atoms. The Labute approximate surface area is 359 Å². The summed E-state index contributed by atoms with van der Waals surface area (Å²) < 4.78 is 20.0. The van der Waals surface area contributed by atoms with E-state index in [1.54, 1.807) is 26.4 Å². The third-order valence-corrected chi connectivity index (χ3v) is 11.5. The first kappa shape index (κ1) is 42.0. The molecule has 0 fully saturated rings. The first-order valence-electron chi connectivity index (χ1n) is 19.6. The van der Waals surface area contributed by atoms with Crippen molar-refractivity contribution < 1.29 is 24.1 Å². The quantitative estimate of drug-likeness (QED) is 0.122. The zero-order valence-corrected chi connectivity index (χ0v) is 35.6. The van der Waals surface area contributed by atoms with Gasteiger partial charge in [0.1, 0.15) is 23.1 Å². The van der Waals surface area contributed by atoms with Gasteiger partial charge in [-0.3, -0.25) is 0 Å². The van der Waals surface area contributed by atoms with Crippen molar-refractivity contribution >= 4 is 51.2 Å². The van der Waals surface area contributed by atoms with Crippen LogP contribution in [0, 0.1) is 0 Å². The zero-order valence-electron chi connectivity index (χ0n) is 34.1. The smallest absolute Gasteiger partial charge is 0.337 e. The van der Waals surface area contributed by atoms with Crippen LogP contribution in [0.15, 0.2) is 133 Å². The number of hydrogen-bond acceptors (Lipinski definition) is 7. The van der Waals surface area contributed by atoms with Gasteiger partial charge in [-0.2, -0.15) is 0 Å². The Bertz CT molecular complexity index is 2740. The summed E-state index contributed by atoms with van der Waals surface area (Å²) in [6, 6.07) is 43.0. The van der Waals surface area contributed by atoms with Crippen molar-refractivity contribution in [2.75, 3.05) is 21.3 Å². The number of aliphatic hydroxyl groups is 1. The van der Waals surface area contributed by atoms with Gasteiger partial charge in [0, 0.05) is 34.0 Å². The summed E-state index contributed by atoms with van der Waals surface area (Å²) in [5.74, 6) is 3.13. The molecule has 8 aromatic rings. The van der Waals surface area contributed by atoms with Crippen molar-refractivity contribution in [3.63, 3.8) is 0 Å². The number of methoxy groups -OCH3 is 3. The lowest BCUT2D eigenvalue weighted by Gasteiger charge is -2.16. The van der Waals surface area contributed by atoms with Gasteiger partial charge in [0.05, 0.1) is 68.7 Å². The van der Waals surface area contributed by atoms with E-state index in [4.69, 9.17) is 47.4 Å². The highest BCUT2D eigenvalue weighted by atomic mass is 35.5. The van der Waals surface area contributed by atoms with Crippen LogP contribution in [0.1, 0.15) is 75.5 Å². The van der Waals surface area contributed by atoms with Crippen LogP contribution in [0.4, 0.5) is 0 Å². The lowest BCUT2D eigenvalue weighted by Crippen LogP contribution is -2.10. The number of carbonyl (C=O) groups excluding carboxylic acids is 1. The Morgan fingerprint density at radius 2 is 1.05 bits per heavy atom. The number of ether oxygens (including phenoxy) is 3. The van der Waals surface area contributed by atoms with Crippen LogP contribution < -0.4 is 9.47 Å². The molecule has 0 aliphatic heterocycles. The number of halogens is 2. The number of benzene rings is 6. The summed E-state index contributed by atoms with van der Waals surface area (Å²) in [7, 11) is 4.69. The van der Waals surface area contributed by atoms with Crippen molar-refractivity contribution in [1.82, 2.24) is 19.1 Å². The lowest BCUT2D eigenvalue weighted by molar-refractivity contribution is 0.0600. The average molecular weight is 842 g/mol. The molecule has 9 nitrogen and oxygen atoms in total. The molecule has 8 rings (SSSR count). The molecule has 0 saturated carbocycles. The van der Waals surface area contributed by atoms with Gasteiger partial charge in [0.2, 0.25) is 0 Å². The van der Waals surface area contributed by atoms with E-state index in [0.29, 0.717) is 18.7 Å². The number of imidazole rings is 2. The Kier molecular flexibility index (Phi) is 13.2. The Morgan fingerprint density at radius 1 is 0.617 bits per heavy atom. The summed E-state index contributed by atoms with van der Waals surface area (Å²) in [6.07, 6.45) is 0. The van der Waals surface area contributed by atoms with Gasteiger partial charge in [-0.05, 0) is 76.3 Å². The molecule has 2 atom stereocenters. The SMILES string of the molecule is COC(=O)c1ccc(C(C)c2nc3cc(OC)ccc3n2Cc2ccccc2Cl)cc1.COc1ccc2c(c1)nc(C(C)c1ccc(CO)cc1)n2Cc1ccccc1Cl. The Hall–Kier alpha value is -6.13. The van der Waals surface area contributed by atoms with Crippen LogP contribution in [0.2, 0.25) is 10.0 Å². The largest absolute Gasteiger partial charge is 0.497 e. The Balaban J connectivity index is 0.000000182. The average Bonchev–Trinajstić information content (AvgIpc) is 3.84. The number of nitrogens with zero attached hydrogens (tertiary/aromatic N) is 4. The predicted molar refractivity (Wildman–Crippen MR) is 239 cm³/mol. The van der Waals surface area contributed by atoms with E-state index >= 15 is 0 Å². The molecule has 0 saturated heterocycles. The lowest BCUT2D eigenvalue weighted by atomic mass is 9.99. The molecule has 306 valence electrons. The second-order valence-electron chi connectivity index (χ2n) is 14.5. The summed E-state index contributed by atoms with van der Waals surface area (Å²) >= 11 is 12.9. The number of aliphatic hydroxyl groups excluding tert-OH is 1. The molecule has 0 amide bonds. The second-order valence-corrected chi connectivity index (χ2v) is 15.3. The molecule has 0 bridgehead atoms.